The highest BCUT2D eigenvalue weighted by Gasteiger charge is 2.36. The zero-order valence-electron chi connectivity index (χ0n) is 16.8. The predicted molar refractivity (Wildman–Crippen MR) is 112 cm³/mol. The molecule has 29 heavy (non-hydrogen) atoms. The summed E-state index contributed by atoms with van der Waals surface area (Å²) in [4.78, 5) is 14.7. The Morgan fingerprint density at radius 2 is 2.07 bits per heavy atom. The lowest BCUT2D eigenvalue weighted by Crippen LogP contribution is -2.32. The van der Waals surface area contributed by atoms with Gasteiger partial charge in [-0.15, -0.1) is 0 Å². The minimum Gasteiger partial charge on any atom is -0.476 e. The van der Waals surface area contributed by atoms with Gasteiger partial charge in [-0.25, -0.2) is 11.6 Å². The number of aromatic nitrogens is 4. The normalized spacial score (nSPS) is 22.7. The monoisotopic (exact) mass is 415 g/mol. The third kappa shape index (κ3) is 4.46. The van der Waals surface area contributed by atoms with Gasteiger partial charge in [0.15, 0.2) is 0 Å². The number of hydrogen-bond acceptors (Lipinski definition) is 6. The molecule has 1 N–H and O–H groups in total. The lowest BCUT2D eigenvalue weighted by atomic mass is 9.87. The third-order valence-corrected chi connectivity index (χ3v) is 6.17. The van der Waals surface area contributed by atoms with Crippen LogP contribution in [0.15, 0.2) is 12.4 Å². The van der Waals surface area contributed by atoms with Crippen LogP contribution >= 0.6 is 11.6 Å². The number of rotatable bonds is 6. The number of nitrogens with zero attached hydrogens (tertiary/aromatic N) is 6. The Morgan fingerprint density at radius 3 is 2.79 bits per heavy atom. The van der Waals surface area contributed by atoms with Crippen molar-refractivity contribution in [3.63, 3.8) is 0 Å². The van der Waals surface area contributed by atoms with Gasteiger partial charge in [0, 0.05) is 12.8 Å². The van der Waals surface area contributed by atoms with E-state index in [1.807, 2.05) is 11.6 Å². The lowest BCUT2D eigenvalue weighted by molar-refractivity contribution is 0.157. The van der Waals surface area contributed by atoms with Gasteiger partial charge in [0.25, 0.3) is 0 Å². The van der Waals surface area contributed by atoms with Crippen LogP contribution in [-0.4, -0.2) is 57.4 Å². The highest BCUT2D eigenvalue weighted by Crippen LogP contribution is 2.36. The summed E-state index contributed by atoms with van der Waals surface area (Å²) >= 11 is 6.24. The highest BCUT2D eigenvalue weighted by molar-refractivity contribution is 6.31. The molecule has 9 heteroatoms. The van der Waals surface area contributed by atoms with Crippen molar-refractivity contribution in [1.82, 2.24) is 24.6 Å². The van der Waals surface area contributed by atoms with Gasteiger partial charge in [0.05, 0.1) is 36.4 Å². The summed E-state index contributed by atoms with van der Waals surface area (Å²) < 4.78 is 7.91. The fourth-order valence-electron chi connectivity index (χ4n) is 3.84. The van der Waals surface area contributed by atoms with E-state index >= 15 is 0 Å². The van der Waals surface area contributed by atoms with Crippen LogP contribution in [0.4, 0.5) is 11.6 Å². The van der Waals surface area contributed by atoms with Gasteiger partial charge in [-0.2, -0.15) is 10.1 Å². The molecule has 2 aromatic rings. The summed E-state index contributed by atoms with van der Waals surface area (Å²) in [6, 6.07) is 0.424. The van der Waals surface area contributed by atoms with Crippen LogP contribution in [0.1, 0.15) is 37.4 Å². The maximum absolute atomic E-state index is 7.11. The van der Waals surface area contributed by atoms with Crippen molar-refractivity contribution in [2.45, 2.75) is 44.7 Å². The third-order valence-electron chi connectivity index (χ3n) is 5.91. The molecule has 2 fully saturated rings. The Morgan fingerprint density at radius 1 is 1.31 bits per heavy atom. The van der Waals surface area contributed by atoms with Gasteiger partial charge >= 0.3 is 0 Å². The Kier molecular flexibility index (Phi) is 5.88. The molecule has 0 radical (unpaired) electrons. The topological polar surface area (TPSA) is 72.5 Å². The second kappa shape index (κ2) is 8.56. The Labute approximate surface area is 176 Å². The molecule has 2 aromatic heterocycles. The molecular weight excluding hydrogens is 390 g/mol. The molecular formula is C20H26ClN7O. The van der Waals surface area contributed by atoms with Crippen LogP contribution in [0, 0.1) is 19.4 Å². The van der Waals surface area contributed by atoms with Crippen LogP contribution < -0.4 is 10.1 Å². The molecule has 0 spiro atoms. The van der Waals surface area contributed by atoms with Crippen LogP contribution in [0.3, 0.4) is 0 Å². The number of anilines is 2. The van der Waals surface area contributed by atoms with Gasteiger partial charge in [0.2, 0.25) is 17.9 Å². The zero-order chi connectivity index (χ0) is 20.4. The molecule has 1 saturated carbocycles. The standard InChI is InChI=1S/C20H26ClN7O/c1-13-18(11-24-28(13)16-8-15(9-16)22-2)25-20-23-10-17(21)19(26-20)29-12-14-4-6-27(3)7-5-14/h10-11,14-16H,4-9,12H2,1,3H3,(H,23,25,26). The molecule has 4 rings (SSSR count). The number of likely N-dealkylation sites (tertiary alicyclic amines) is 1. The van der Waals surface area contributed by atoms with Gasteiger partial charge in [-0.05, 0) is 45.8 Å². The first-order valence-corrected chi connectivity index (χ1v) is 10.4. The zero-order valence-corrected chi connectivity index (χ0v) is 17.6. The molecule has 0 amide bonds. The van der Waals surface area contributed by atoms with Gasteiger partial charge in [0.1, 0.15) is 5.02 Å². The maximum atomic E-state index is 7.11. The summed E-state index contributed by atoms with van der Waals surface area (Å²) in [5.41, 5.74) is 1.85. The molecule has 154 valence electrons. The predicted octanol–water partition coefficient (Wildman–Crippen LogP) is 3.72. The van der Waals surface area contributed by atoms with E-state index in [-0.39, 0.29) is 6.04 Å². The maximum Gasteiger partial charge on any atom is 0.237 e. The van der Waals surface area contributed by atoms with Crippen molar-refractivity contribution < 1.29 is 4.74 Å². The first kappa shape index (κ1) is 19.9. The summed E-state index contributed by atoms with van der Waals surface area (Å²) in [6.45, 7) is 11.9. The summed E-state index contributed by atoms with van der Waals surface area (Å²) in [6.07, 6.45) is 7.30. The average Bonchev–Trinajstić information content (AvgIpc) is 3.03. The summed E-state index contributed by atoms with van der Waals surface area (Å²) in [7, 11) is 2.15. The number of halogens is 1. The van der Waals surface area contributed by atoms with Crippen molar-refractivity contribution in [2.24, 2.45) is 5.92 Å². The number of ether oxygens (including phenoxy) is 1. The SMILES string of the molecule is [C-]#[N+]C1CC(n2ncc(Nc3ncc(Cl)c(OCC4CCN(C)CC4)n3)c2C)C1. The Balaban J connectivity index is 1.39. The number of nitrogens with one attached hydrogen (secondary N) is 1. The molecule has 1 saturated heterocycles. The highest BCUT2D eigenvalue weighted by atomic mass is 35.5. The van der Waals surface area contributed by atoms with E-state index in [2.05, 4.69) is 37.2 Å². The number of hydrogen-bond donors (Lipinski definition) is 1. The molecule has 8 nitrogen and oxygen atoms in total. The van der Waals surface area contributed by atoms with Crippen molar-refractivity contribution in [2.75, 3.05) is 32.1 Å². The first-order valence-electron chi connectivity index (χ1n) is 10.0. The van der Waals surface area contributed by atoms with E-state index in [1.54, 1.807) is 12.4 Å². The lowest BCUT2D eigenvalue weighted by Gasteiger charge is -2.28. The van der Waals surface area contributed by atoms with Crippen molar-refractivity contribution >= 4 is 23.2 Å². The quantitative estimate of drug-likeness (QED) is 0.725. The molecule has 0 unspecified atom stereocenters. The van der Waals surface area contributed by atoms with E-state index in [4.69, 9.17) is 22.9 Å². The van der Waals surface area contributed by atoms with Crippen LogP contribution in [0.25, 0.3) is 4.85 Å². The van der Waals surface area contributed by atoms with Crippen LogP contribution in [0.5, 0.6) is 5.88 Å². The van der Waals surface area contributed by atoms with Gasteiger partial charge in [-0.3, -0.25) is 4.68 Å². The van der Waals surface area contributed by atoms with Crippen molar-refractivity contribution in [1.29, 1.82) is 0 Å². The summed E-state index contributed by atoms with van der Waals surface area (Å²) in [5.74, 6) is 1.37. The summed E-state index contributed by atoms with van der Waals surface area (Å²) in [5, 5.41) is 8.11. The Hall–Kier alpha value is -2.37. The van der Waals surface area contributed by atoms with E-state index in [9.17, 15) is 0 Å². The van der Waals surface area contributed by atoms with Gasteiger partial charge < -0.3 is 19.8 Å². The van der Waals surface area contributed by atoms with Crippen LogP contribution in [0.2, 0.25) is 5.02 Å². The fraction of sp³-hybridized carbons (Fsp3) is 0.600. The van der Waals surface area contributed by atoms with Crippen molar-refractivity contribution in [3.05, 3.63) is 34.5 Å². The Bertz CT molecular complexity index is 895. The van der Waals surface area contributed by atoms with Crippen LogP contribution in [-0.2, 0) is 0 Å². The molecule has 1 aliphatic heterocycles. The molecule has 2 aliphatic rings. The van der Waals surface area contributed by atoms with E-state index in [0.29, 0.717) is 35.4 Å². The molecule has 0 bridgehead atoms. The minimum atomic E-state index is 0.129. The smallest absolute Gasteiger partial charge is 0.237 e. The largest absolute Gasteiger partial charge is 0.476 e. The molecule has 3 heterocycles. The second-order valence-corrected chi connectivity index (χ2v) is 8.43. The van der Waals surface area contributed by atoms with Gasteiger partial charge in [-0.1, -0.05) is 11.6 Å². The second-order valence-electron chi connectivity index (χ2n) is 8.03. The molecule has 1 aliphatic carbocycles. The first-order chi connectivity index (χ1) is 14.0. The van der Waals surface area contributed by atoms with E-state index in [1.165, 1.54) is 0 Å². The number of piperidine rings is 1. The fourth-order valence-corrected chi connectivity index (χ4v) is 3.98. The molecule has 0 atom stereocenters. The average molecular weight is 416 g/mol. The van der Waals surface area contributed by atoms with Crippen molar-refractivity contribution in [3.8, 4) is 5.88 Å². The minimum absolute atomic E-state index is 0.129. The molecule has 0 aromatic carbocycles. The van der Waals surface area contributed by atoms with E-state index < -0.39 is 0 Å². The van der Waals surface area contributed by atoms with E-state index in [0.717, 1.165) is 50.2 Å².